The minimum atomic E-state index is -1.88. The number of hydrogen-bond donors (Lipinski definition) is 0. The molecule has 1 aromatic carbocycles. The van der Waals surface area contributed by atoms with Crippen LogP contribution in [0, 0.1) is 17.2 Å². The van der Waals surface area contributed by atoms with Crippen LogP contribution < -0.4 is 0 Å². The van der Waals surface area contributed by atoms with Gasteiger partial charge in [-0.2, -0.15) is 5.26 Å². The standard InChI is InChI=1S/C20H29NOSi/c1-20(2,3)23(4,5)22-19-13-9-12-17(18(19)15-21)14-16-10-7-6-8-11-16/h6-8,10-11,17H,9,12-14H2,1-5H3. The van der Waals surface area contributed by atoms with Crippen LogP contribution in [0.25, 0.3) is 0 Å². The molecule has 1 aliphatic rings. The van der Waals surface area contributed by atoms with Gasteiger partial charge in [0.15, 0.2) is 0 Å². The quantitative estimate of drug-likeness (QED) is 0.652. The second-order valence-electron chi connectivity index (χ2n) is 8.09. The number of allylic oxidation sites excluding steroid dienone is 2. The van der Waals surface area contributed by atoms with E-state index in [2.05, 4.69) is 64.2 Å². The zero-order valence-electron chi connectivity index (χ0n) is 15.1. The van der Waals surface area contributed by atoms with Gasteiger partial charge in [0, 0.05) is 12.3 Å². The van der Waals surface area contributed by atoms with Crippen molar-refractivity contribution < 1.29 is 4.43 Å². The molecular formula is C20H29NOSi. The molecule has 124 valence electrons. The van der Waals surface area contributed by atoms with Crippen LogP contribution >= 0.6 is 0 Å². The molecule has 0 saturated carbocycles. The first-order valence-corrected chi connectivity index (χ1v) is 11.5. The number of benzene rings is 1. The van der Waals surface area contributed by atoms with Gasteiger partial charge in [0.25, 0.3) is 0 Å². The Labute approximate surface area is 142 Å². The van der Waals surface area contributed by atoms with E-state index in [0.717, 1.165) is 37.0 Å². The molecular weight excluding hydrogens is 298 g/mol. The highest BCUT2D eigenvalue weighted by molar-refractivity contribution is 6.74. The average molecular weight is 328 g/mol. The molecule has 0 bridgehead atoms. The molecule has 3 heteroatoms. The molecule has 0 aliphatic heterocycles. The Morgan fingerprint density at radius 2 is 1.87 bits per heavy atom. The lowest BCUT2D eigenvalue weighted by atomic mass is 9.83. The molecule has 0 saturated heterocycles. The summed E-state index contributed by atoms with van der Waals surface area (Å²) >= 11 is 0. The van der Waals surface area contributed by atoms with E-state index in [1.807, 2.05) is 6.07 Å². The van der Waals surface area contributed by atoms with Gasteiger partial charge in [0.05, 0.1) is 17.4 Å². The van der Waals surface area contributed by atoms with Crippen molar-refractivity contribution in [3.8, 4) is 6.07 Å². The van der Waals surface area contributed by atoms with Crippen LogP contribution in [0.2, 0.25) is 18.1 Å². The van der Waals surface area contributed by atoms with E-state index in [9.17, 15) is 5.26 Å². The highest BCUT2D eigenvalue weighted by Crippen LogP contribution is 2.41. The van der Waals surface area contributed by atoms with Crippen molar-refractivity contribution in [3.05, 3.63) is 47.2 Å². The first-order valence-electron chi connectivity index (χ1n) is 8.60. The Balaban J connectivity index is 2.25. The van der Waals surface area contributed by atoms with Gasteiger partial charge in [-0.05, 0) is 43.0 Å². The Hall–Kier alpha value is -1.53. The lowest BCUT2D eigenvalue weighted by Crippen LogP contribution is -2.41. The molecule has 1 unspecified atom stereocenters. The van der Waals surface area contributed by atoms with Crippen molar-refractivity contribution in [1.82, 2.24) is 0 Å². The predicted molar refractivity (Wildman–Crippen MR) is 98.4 cm³/mol. The number of nitrogens with zero attached hydrogens (tertiary/aromatic N) is 1. The molecule has 0 radical (unpaired) electrons. The second kappa shape index (κ2) is 6.92. The van der Waals surface area contributed by atoms with Crippen molar-refractivity contribution in [1.29, 1.82) is 5.26 Å². The van der Waals surface area contributed by atoms with E-state index in [1.165, 1.54) is 5.56 Å². The summed E-state index contributed by atoms with van der Waals surface area (Å²) in [6.45, 7) is 11.3. The molecule has 2 rings (SSSR count). The summed E-state index contributed by atoms with van der Waals surface area (Å²) in [4.78, 5) is 0. The average Bonchev–Trinajstić information content (AvgIpc) is 2.47. The molecule has 0 heterocycles. The molecule has 0 amide bonds. The van der Waals surface area contributed by atoms with Crippen LogP contribution in [0.3, 0.4) is 0 Å². The maximum absolute atomic E-state index is 9.74. The molecule has 1 atom stereocenters. The third-order valence-electron chi connectivity index (χ3n) is 5.29. The minimum absolute atomic E-state index is 0.160. The van der Waals surface area contributed by atoms with Crippen LogP contribution in [-0.2, 0) is 10.8 Å². The summed E-state index contributed by atoms with van der Waals surface area (Å²) in [6, 6.07) is 13.0. The summed E-state index contributed by atoms with van der Waals surface area (Å²) in [5.41, 5.74) is 2.20. The number of nitriles is 1. The van der Waals surface area contributed by atoms with E-state index in [1.54, 1.807) is 0 Å². The Morgan fingerprint density at radius 1 is 1.22 bits per heavy atom. The first kappa shape index (κ1) is 17.8. The largest absolute Gasteiger partial charge is 0.546 e. The summed E-state index contributed by atoms with van der Waals surface area (Å²) < 4.78 is 6.51. The Kier molecular flexibility index (Phi) is 5.36. The van der Waals surface area contributed by atoms with Gasteiger partial charge in [0.2, 0.25) is 8.32 Å². The summed E-state index contributed by atoms with van der Waals surface area (Å²) in [6.07, 6.45) is 4.06. The second-order valence-corrected chi connectivity index (χ2v) is 12.8. The zero-order chi connectivity index (χ0) is 17.1. The van der Waals surface area contributed by atoms with Crippen LogP contribution in [0.1, 0.15) is 45.6 Å². The van der Waals surface area contributed by atoms with Crippen molar-refractivity contribution in [2.45, 2.75) is 64.6 Å². The number of rotatable bonds is 4. The van der Waals surface area contributed by atoms with E-state index in [-0.39, 0.29) is 5.04 Å². The SMILES string of the molecule is CC(C)(C)[Si](C)(C)OC1=C(C#N)C(Cc2ccccc2)CCC1. The fraction of sp³-hybridized carbons (Fsp3) is 0.550. The monoisotopic (exact) mass is 327 g/mol. The summed E-state index contributed by atoms with van der Waals surface area (Å²) in [5, 5.41) is 9.90. The number of hydrogen-bond acceptors (Lipinski definition) is 2. The molecule has 2 nitrogen and oxygen atoms in total. The highest BCUT2D eigenvalue weighted by Gasteiger charge is 2.40. The Bertz CT molecular complexity index is 605. The smallest absolute Gasteiger partial charge is 0.250 e. The molecule has 0 N–H and O–H groups in total. The van der Waals surface area contributed by atoms with Gasteiger partial charge in [-0.1, -0.05) is 51.1 Å². The van der Waals surface area contributed by atoms with Crippen LogP contribution in [0.4, 0.5) is 0 Å². The summed E-state index contributed by atoms with van der Waals surface area (Å²) in [7, 11) is -1.88. The van der Waals surface area contributed by atoms with Gasteiger partial charge < -0.3 is 4.43 Å². The molecule has 1 aromatic rings. The highest BCUT2D eigenvalue weighted by atomic mass is 28.4. The zero-order valence-corrected chi connectivity index (χ0v) is 16.1. The van der Waals surface area contributed by atoms with Crippen molar-refractivity contribution in [2.24, 2.45) is 5.92 Å². The van der Waals surface area contributed by atoms with E-state index in [4.69, 9.17) is 4.43 Å². The molecule has 0 aromatic heterocycles. The predicted octanol–water partition coefficient (Wildman–Crippen LogP) is 5.83. The van der Waals surface area contributed by atoms with Crippen LogP contribution in [0.5, 0.6) is 0 Å². The van der Waals surface area contributed by atoms with Gasteiger partial charge in [-0.25, -0.2) is 0 Å². The normalized spacial score (nSPS) is 19.4. The maximum Gasteiger partial charge on any atom is 0.250 e. The fourth-order valence-corrected chi connectivity index (χ4v) is 3.97. The van der Waals surface area contributed by atoms with Crippen LogP contribution in [0.15, 0.2) is 41.7 Å². The summed E-state index contributed by atoms with van der Waals surface area (Å²) in [5.74, 6) is 1.28. The maximum atomic E-state index is 9.74. The molecule has 23 heavy (non-hydrogen) atoms. The van der Waals surface area contributed by atoms with E-state index in [0.29, 0.717) is 5.92 Å². The van der Waals surface area contributed by atoms with Gasteiger partial charge >= 0.3 is 0 Å². The molecule has 1 aliphatic carbocycles. The van der Waals surface area contributed by atoms with Crippen LogP contribution in [-0.4, -0.2) is 8.32 Å². The van der Waals surface area contributed by atoms with Gasteiger partial charge in [0.1, 0.15) is 0 Å². The van der Waals surface area contributed by atoms with Gasteiger partial charge in [-0.3, -0.25) is 0 Å². The van der Waals surface area contributed by atoms with Crippen molar-refractivity contribution in [3.63, 3.8) is 0 Å². The third-order valence-corrected chi connectivity index (χ3v) is 9.66. The van der Waals surface area contributed by atoms with Crippen molar-refractivity contribution in [2.75, 3.05) is 0 Å². The first-order chi connectivity index (χ1) is 10.7. The molecule has 0 fully saturated rings. The fourth-order valence-electron chi connectivity index (χ4n) is 2.84. The molecule has 0 spiro atoms. The van der Waals surface area contributed by atoms with Crippen molar-refractivity contribution >= 4 is 8.32 Å². The van der Waals surface area contributed by atoms with E-state index >= 15 is 0 Å². The lowest BCUT2D eigenvalue weighted by molar-refractivity contribution is 0.327. The Morgan fingerprint density at radius 3 is 2.43 bits per heavy atom. The van der Waals surface area contributed by atoms with E-state index < -0.39 is 8.32 Å². The topological polar surface area (TPSA) is 33.0 Å². The van der Waals surface area contributed by atoms with Gasteiger partial charge in [-0.15, -0.1) is 0 Å². The lowest BCUT2D eigenvalue weighted by Gasteiger charge is -2.39. The third kappa shape index (κ3) is 4.26. The minimum Gasteiger partial charge on any atom is -0.546 e.